The zero-order valence-electron chi connectivity index (χ0n) is 11.4. The second-order valence-electron chi connectivity index (χ2n) is 3.82. The molecule has 0 radical (unpaired) electrons. The molecule has 0 atom stereocenters. The summed E-state index contributed by atoms with van der Waals surface area (Å²) in [4.78, 5) is 14.5. The molecule has 0 aromatic carbocycles. The first-order valence-corrected chi connectivity index (χ1v) is 6.21. The number of carbonyl (C=O) groups excluding carboxylic acids is 1. The van der Waals surface area contributed by atoms with Crippen LogP contribution in [0.2, 0.25) is 0 Å². The van der Waals surface area contributed by atoms with E-state index in [-0.39, 0.29) is 24.8 Å². The maximum Gasteiger partial charge on any atom is 0.403 e. The number of halogens is 3. The van der Waals surface area contributed by atoms with Crippen molar-refractivity contribution in [3.8, 4) is 0 Å². The smallest absolute Gasteiger partial charge is 0.403 e. The first-order valence-electron chi connectivity index (χ1n) is 5.83. The molecule has 0 N–H and O–H groups in total. The Morgan fingerprint density at radius 3 is 1.94 bits per heavy atom. The van der Waals surface area contributed by atoms with Crippen molar-refractivity contribution in [3.63, 3.8) is 0 Å². The maximum atomic E-state index is 9.59. The van der Waals surface area contributed by atoms with Gasteiger partial charge in [0.15, 0.2) is 0 Å². The predicted molar refractivity (Wildman–Crippen MR) is 81.6 cm³/mol. The third-order valence-electron chi connectivity index (χ3n) is 2.39. The molecule has 0 spiro atoms. The summed E-state index contributed by atoms with van der Waals surface area (Å²) in [5, 5.41) is 0. The van der Waals surface area contributed by atoms with Gasteiger partial charge in [0.1, 0.15) is 0 Å². The summed E-state index contributed by atoms with van der Waals surface area (Å²) in [6.07, 6.45) is 1.30. The van der Waals surface area contributed by atoms with Crippen LogP contribution in [0.1, 0.15) is 20.3 Å². The lowest BCUT2D eigenvalue weighted by Crippen LogP contribution is -2.44. The van der Waals surface area contributed by atoms with Crippen LogP contribution in [-0.4, -0.2) is 61.6 Å². The van der Waals surface area contributed by atoms with Crippen molar-refractivity contribution in [3.05, 3.63) is 0 Å². The standard InChI is InChI=1S/C8H18N2.C3H5ClO2.2ClH/c1-3-4-10-7-5-9(2)6-8-10;1-2-6-3(4)5;;/h3-8H2,1-2H3;2H2,1H3;2*1H. The lowest BCUT2D eigenvalue weighted by Gasteiger charge is -2.31. The summed E-state index contributed by atoms with van der Waals surface area (Å²) >= 11 is 4.72. The Labute approximate surface area is 128 Å². The molecule has 0 aromatic heterocycles. The van der Waals surface area contributed by atoms with Gasteiger partial charge in [-0.3, -0.25) is 0 Å². The summed E-state index contributed by atoms with van der Waals surface area (Å²) < 4.78 is 4.17. The van der Waals surface area contributed by atoms with E-state index in [2.05, 4.69) is 28.5 Å². The van der Waals surface area contributed by atoms with E-state index in [0.29, 0.717) is 6.61 Å². The molecule has 18 heavy (non-hydrogen) atoms. The molecule has 1 aliphatic rings. The fourth-order valence-electron chi connectivity index (χ4n) is 1.50. The molecule has 0 aromatic rings. The van der Waals surface area contributed by atoms with Crippen LogP contribution in [0, 0.1) is 0 Å². The number of nitrogens with zero attached hydrogens (tertiary/aromatic N) is 2. The number of carbonyl (C=O) groups is 1. The van der Waals surface area contributed by atoms with Crippen LogP contribution in [0.3, 0.4) is 0 Å². The Morgan fingerprint density at radius 1 is 1.17 bits per heavy atom. The molecule has 0 amide bonds. The molecular formula is C11H25Cl3N2O2. The van der Waals surface area contributed by atoms with Gasteiger partial charge in [-0.25, -0.2) is 4.79 Å². The van der Waals surface area contributed by atoms with Gasteiger partial charge in [0.2, 0.25) is 0 Å². The van der Waals surface area contributed by atoms with E-state index >= 15 is 0 Å². The fraction of sp³-hybridized carbons (Fsp3) is 0.909. The highest BCUT2D eigenvalue weighted by atomic mass is 35.5. The van der Waals surface area contributed by atoms with Crippen LogP contribution >= 0.6 is 36.4 Å². The lowest BCUT2D eigenvalue weighted by molar-refractivity contribution is 0.154. The molecule has 0 saturated carbocycles. The van der Waals surface area contributed by atoms with E-state index < -0.39 is 5.43 Å². The van der Waals surface area contributed by atoms with Crippen LogP contribution in [-0.2, 0) is 4.74 Å². The minimum atomic E-state index is -0.738. The lowest BCUT2D eigenvalue weighted by atomic mass is 10.3. The number of rotatable bonds is 3. The van der Waals surface area contributed by atoms with Crippen LogP contribution in [0.25, 0.3) is 0 Å². The molecule has 112 valence electrons. The Hall–Kier alpha value is 0.260. The zero-order chi connectivity index (χ0) is 12.4. The highest BCUT2D eigenvalue weighted by Gasteiger charge is 2.11. The Morgan fingerprint density at radius 2 is 1.67 bits per heavy atom. The van der Waals surface area contributed by atoms with Gasteiger partial charge in [-0.05, 0) is 26.9 Å². The Bertz CT molecular complexity index is 189. The largest absolute Gasteiger partial charge is 0.454 e. The second kappa shape index (κ2) is 15.3. The van der Waals surface area contributed by atoms with Crippen LogP contribution in [0.15, 0.2) is 0 Å². The summed E-state index contributed by atoms with van der Waals surface area (Å²) in [7, 11) is 2.20. The van der Waals surface area contributed by atoms with Crippen LogP contribution in [0.5, 0.6) is 0 Å². The van der Waals surface area contributed by atoms with Crippen LogP contribution < -0.4 is 0 Å². The fourth-order valence-corrected chi connectivity index (χ4v) is 1.61. The van der Waals surface area contributed by atoms with E-state index in [4.69, 9.17) is 11.6 Å². The van der Waals surface area contributed by atoms with Crippen molar-refractivity contribution in [2.45, 2.75) is 20.3 Å². The van der Waals surface area contributed by atoms with Crippen molar-refractivity contribution in [2.24, 2.45) is 0 Å². The molecular weight excluding hydrogens is 298 g/mol. The van der Waals surface area contributed by atoms with E-state index in [9.17, 15) is 4.79 Å². The average molecular weight is 324 g/mol. The molecule has 4 nitrogen and oxygen atoms in total. The zero-order valence-corrected chi connectivity index (χ0v) is 13.7. The molecule has 1 heterocycles. The number of piperazine rings is 1. The van der Waals surface area contributed by atoms with Crippen molar-refractivity contribution < 1.29 is 9.53 Å². The first kappa shape index (κ1) is 23.4. The Balaban J connectivity index is -0.000000250. The predicted octanol–water partition coefficient (Wildman–Crippen LogP) is 2.87. The van der Waals surface area contributed by atoms with E-state index in [1.807, 2.05) is 0 Å². The third kappa shape index (κ3) is 14.3. The van der Waals surface area contributed by atoms with E-state index in [1.165, 1.54) is 39.1 Å². The summed E-state index contributed by atoms with van der Waals surface area (Å²) in [6, 6.07) is 0. The van der Waals surface area contributed by atoms with Gasteiger partial charge in [0.25, 0.3) is 0 Å². The van der Waals surface area contributed by atoms with Crippen LogP contribution in [0.4, 0.5) is 4.79 Å². The average Bonchev–Trinajstić information content (AvgIpc) is 2.22. The third-order valence-corrected chi connectivity index (χ3v) is 2.50. The maximum absolute atomic E-state index is 9.59. The second-order valence-corrected chi connectivity index (χ2v) is 4.12. The normalized spacial score (nSPS) is 15.6. The van der Waals surface area contributed by atoms with Gasteiger partial charge >= 0.3 is 5.43 Å². The number of likely N-dealkylation sites (N-methyl/N-ethyl adjacent to an activating group) is 1. The minimum Gasteiger partial charge on any atom is -0.454 e. The highest BCUT2D eigenvalue weighted by Crippen LogP contribution is 1.98. The molecule has 1 rings (SSSR count). The van der Waals surface area contributed by atoms with Crippen molar-refractivity contribution >= 4 is 41.8 Å². The van der Waals surface area contributed by atoms with Crippen molar-refractivity contribution in [1.82, 2.24) is 9.80 Å². The Kier molecular flexibility index (Phi) is 19.9. The highest BCUT2D eigenvalue weighted by molar-refractivity contribution is 6.61. The van der Waals surface area contributed by atoms with Gasteiger partial charge < -0.3 is 14.5 Å². The summed E-state index contributed by atoms with van der Waals surface area (Å²) in [5.74, 6) is 0. The number of ether oxygens (including phenoxy) is 1. The quantitative estimate of drug-likeness (QED) is 0.748. The minimum absolute atomic E-state index is 0. The molecule has 0 aliphatic carbocycles. The number of hydrogen-bond acceptors (Lipinski definition) is 4. The van der Waals surface area contributed by atoms with Gasteiger partial charge in [-0.2, -0.15) is 0 Å². The van der Waals surface area contributed by atoms with Gasteiger partial charge in [-0.1, -0.05) is 6.92 Å². The molecule has 1 fully saturated rings. The van der Waals surface area contributed by atoms with E-state index in [1.54, 1.807) is 6.92 Å². The van der Waals surface area contributed by atoms with Gasteiger partial charge in [0, 0.05) is 37.8 Å². The molecule has 7 heteroatoms. The summed E-state index contributed by atoms with van der Waals surface area (Å²) in [5.41, 5.74) is -0.738. The molecule has 0 bridgehead atoms. The molecule has 1 saturated heterocycles. The van der Waals surface area contributed by atoms with Crippen molar-refractivity contribution in [2.75, 3.05) is 46.4 Å². The monoisotopic (exact) mass is 322 g/mol. The molecule has 1 aliphatic heterocycles. The summed E-state index contributed by atoms with van der Waals surface area (Å²) in [6.45, 7) is 10.6. The first-order chi connectivity index (χ1) is 7.60. The van der Waals surface area contributed by atoms with E-state index in [0.717, 1.165) is 0 Å². The SMILES string of the molecule is CCCN1CCN(C)CC1.CCOC(=O)Cl.Cl.Cl. The molecule has 0 unspecified atom stereocenters. The van der Waals surface area contributed by atoms with Crippen molar-refractivity contribution in [1.29, 1.82) is 0 Å². The number of hydrogen-bond donors (Lipinski definition) is 0. The van der Waals surface area contributed by atoms with Gasteiger partial charge in [0.05, 0.1) is 6.61 Å². The van der Waals surface area contributed by atoms with Gasteiger partial charge in [-0.15, -0.1) is 24.8 Å². The topological polar surface area (TPSA) is 32.8 Å².